The van der Waals surface area contributed by atoms with Crippen LogP contribution in [0.4, 0.5) is 22.0 Å². The van der Waals surface area contributed by atoms with Gasteiger partial charge in [-0.05, 0) is 42.7 Å². The van der Waals surface area contributed by atoms with E-state index < -0.39 is 6.09 Å². The number of carbonyl (C=O) groups excluding carboxylic acids is 1. The van der Waals surface area contributed by atoms with E-state index in [0.717, 1.165) is 41.8 Å². The van der Waals surface area contributed by atoms with Crippen molar-refractivity contribution in [3.63, 3.8) is 0 Å². The number of fused-ring (bicyclic) bond motifs is 1. The van der Waals surface area contributed by atoms with Crippen LogP contribution in [0.15, 0.2) is 54.6 Å². The fourth-order valence-corrected chi connectivity index (χ4v) is 3.61. The molecule has 0 saturated carbocycles. The van der Waals surface area contributed by atoms with Crippen LogP contribution >= 0.6 is 0 Å². The lowest BCUT2D eigenvalue weighted by molar-refractivity contribution is 0.155. The fraction of sp³-hybridized carbons (Fsp3) is 0.182. The number of nitrogens with zero attached hydrogens (tertiary/aromatic N) is 2. The van der Waals surface area contributed by atoms with Crippen molar-refractivity contribution in [2.45, 2.75) is 25.9 Å². The number of amides is 1. The Morgan fingerprint density at radius 1 is 1.14 bits per heavy atom. The summed E-state index contributed by atoms with van der Waals surface area (Å²) in [6.45, 7) is 7.70. The highest BCUT2D eigenvalue weighted by atomic mass is 16.5. The third-order valence-electron chi connectivity index (χ3n) is 4.93. The van der Waals surface area contributed by atoms with Gasteiger partial charge < -0.3 is 15.3 Å². The molecular formula is C22H20N4O2. The van der Waals surface area contributed by atoms with E-state index in [-0.39, 0.29) is 6.61 Å². The normalized spacial score (nSPS) is 12.2. The van der Waals surface area contributed by atoms with Crippen LogP contribution in [0, 0.1) is 6.57 Å². The van der Waals surface area contributed by atoms with Crippen LogP contribution in [-0.4, -0.2) is 10.7 Å². The molecule has 0 fully saturated rings. The van der Waals surface area contributed by atoms with Crippen LogP contribution in [0.5, 0.6) is 0 Å². The van der Waals surface area contributed by atoms with Crippen LogP contribution in [0.25, 0.3) is 10.5 Å². The van der Waals surface area contributed by atoms with Gasteiger partial charge in [0.25, 0.3) is 5.82 Å². The Morgan fingerprint density at radius 2 is 1.89 bits per heavy atom. The van der Waals surface area contributed by atoms with Gasteiger partial charge in [0.05, 0.1) is 11.4 Å². The highest BCUT2D eigenvalue weighted by Crippen LogP contribution is 2.40. The van der Waals surface area contributed by atoms with Crippen molar-refractivity contribution in [2.75, 3.05) is 11.1 Å². The Labute approximate surface area is 163 Å². The smallest absolute Gasteiger partial charge is 0.411 e. The molecule has 1 heterocycles. The van der Waals surface area contributed by atoms with Gasteiger partial charge in [-0.2, -0.15) is 0 Å². The van der Waals surface area contributed by atoms with Gasteiger partial charge in [-0.1, -0.05) is 36.9 Å². The molecule has 0 spiro atoms. The van der Waals surface area contributed by atoms with Crippen LogP contribution in [0.3, 0.4) is 0 Å². The first-order valence-corrected chi connectivity index (χ1v) is 9.15. The van der Waals surface area contributed by atoms with E-state index in [2.05, 4.69) is 10.2 Å². The van der Waals surface area contributed by atoms with Crippen LogP contribution in [0.2, 0.25) is 0 Å². The van der Waals surface area contributed by atoms with E-state index in [1.54, 1.807) is 12.1 Å². The van der Waals surface area contributed by atoms with E-state index in [0.29, 0.717) is 17.2 Å². The van der Waals surface area contributed by atoms with Crippen molar-refractivity contribution >= 4 is 23.3 Å². The molecule has 0 saturated heterocycles. The summed E-state index contributed by atoms with van der Waals surface area (Å²) in [6.07, 6.45) is 2.38. The zero-order chi connectivity index (χ0) is 19.5. The maximum Gasteiger partial charge on any atom is 0.411 e. The van der Waals surface area contributed by atoms with Gasteiger partial charge in [0.15, 0.2) is 0 Å². The van der Waals surface area contributed by atoms with Crippen molar-refractivity contribution < 1.29 is 9.53 Å². The second-order valence-corrected chi connectivity index (χ2v) is 6.70. The van der Waals surface area contributed by atoms with Gasteiger partial charge >= 0.3 is 6.09 Å². The molecule has 4 rings (SSSR count). The lowest BCUT2D eigenvalue weighted by atomic mass is 10.2. The summed E-state index contributed by atoms with van der Waals surface area (Å²) in [5.41, 5.74) is 11.4. The molecule has 140 valence electrons. The first-order chi connectivity index (χ1) is 13.7. The molecule has 0 unspecified atom stereocenters. The van der Waals surface area contributed by atoms with Gasteiger partial charge in [0.2, 0.25) is 0 Å². The molecule has 0 bridgehead atoms. The summed E-state index contributed by atoms with van der Waals surface area (Å²) in [7, 11) is 0. The average Bonchev–Trinajstić information content (AvgIpc) is 3.30. The number of nitrogen functional groups attached to an aromatic ring is 1. The maximum atomic E-state index is 12.0. The predicted octanol–water partition coefficient (Wildman–Crippen LogP) is 4.85. The van der Waals surface area contributed by atoms with Crippen molar-refractivity contribution in [3.8, 4) is 5.69 Å². The lowest BCUT2D eigenvalue weighted by Crippen LogP contribution is -2.13. The number of nitrogens with one attached hydrogen (secondary N) is 1. The molecule has 28 heavy (non-hydrogen) atoms. The third-order valence-corrected chi connectivity index (χ3v) is 4.93. The zero-order valence-corrected chi connectivity index (χ0v) is 15.3. The number of benzene rings is 2. The van der Waals surface area contributed by atoms with Crippen molar-refractivity contribution in [1.82, 2.24) is 4.57 Å². The molecule has 3 N–H and O–H groups in total. The summed E-state index contributed by atoms with van der Waals surface area (Å²) >= 11 is 0. The number of anilines is 2. The third kappa shape index (κ3) is 3.30. The summed E-state index contributed by atoms with van der Waals surface area (Å²) < 4.78 is 7.17. The molecule has 2 aromatic carbocycles. The summed E-state index contributed by atoms with van der Waals surface area (Å²) in [5, 5.41) is 2.72. The van der Waals surface area contributed by atoms with Crippen LogP contribution in [-0.2, 0) is 24.2 Å². The quantitative estimate of drug-likeness (QED) is 0.643. The molecule has 6 nitrogen and oxygen atoms in total. The SMILES string of the molecule is [C-]#[N+]c1c(N)c2c(n1-c1ccc(NC(=O)OCc3ccccc3)cc1)CCC2. The van der Waals surface area contributed by atoms with E-state index in [1.165, 1.54) is 0 Å². The molecule has 1 aliphatic carbocycles. The molecule has 6 heteroatoms. The van der Waals surface area contributed by atoms with Crippen molar-refractivity contribution in [1.29, 1.82) is 0 Å². The topological polar surface area (TPSA) is 73.6 Å². The van der Waals surface area contributed by atoms with E-state index in [9.17, 15) is 4.79 Å². The Hall–Kier alpha value is -3.72. The van der Waals surface area contributed by atoms with Gasteiger partial charge in [-0.3, -0.25) is 9.88 Å². The first kappa shape index (κ1) is 17.7. The number of ether oxygens (including phenoxy) is 1. The second kappa shape index (κ2) is 7.49. The highest BCUT2D eigenvalue weighted by Gasteiger charge is 2.27. The largest absolute Gasteiger partial charge is 0.444 e. The number of nitrogens with two attached hydrogens (primary N) is 1. The first-order valence-electron chi connectivity index (χ1n) is 9.15. The highest BCUT2D eigenvalue weighted by molar-refractivity contribution is 5.84. The van der Waals surface area contributed by atoms with Crippen molar-refractivity contribution in [2.24, 2.45) is 0 Å². The van der Waals surface area contributed by atoms with Gasteiger partial charge in [-0.25, -0.2) is 4.79 Å². The molecule has 0 radical (unpaired) electrons. The Bertz CT molecular complexity index is 1050. The maximum absolute atomic E-state index is 12.0. The molecule has 1 amide bonds. The molecular weight excluding hydrogens is 352 g/mol. The Balaban J connectivity index is 1.47. The zero-order valence-electron chi connectivity index (χ0n) is 15.3. The molecule has 3 aromatic rings. The minimum absolute atomic E-state index is 0.216. The summed E-state index contributed by atoms with van der Waals surface area (Å²) in [4.78, 5) is 15.6. The number of hydrogen-bond donors (Lipinski definition) is 2. The number of carbonyl (C=O) groups is 1. The second-order valence-electron chi connectivity index (χ2n) is 6.70. The fourth-order valence-electron chi connectivity index (χ4n) is 3.61. The van der Waals surface area contributed by atoms with Crippen molar-refractivity contribution in [3.05, 3.63) is 82.8 Å². The standard InChI is InChI=1S/C22H20N4O2/c1-24-21-20(23)18-8-5-9-19(18)26(21)17-12-10-16(11-13-17)25-22(27)28-14-15-6-3-2-4-7-15/h2-4,6-7,10-13H,5,8-9,14,23H2,(H,25,27). The van der Waals surface area contributed by atoms with Crippen LogP contribution < -0.4 is 11.1 Å². The lowest BCUT2D eigenvalue weighted by Gasteiger charge is -2.09. The monoisotopic (exact) mass is 372 g/mol. The van der Waals surface area contributed by atoms with Gasteiger partial charge in [-0.15, -0.1) is 0 Å². The summed E-state index contributed by atoms with van der Waals surface area (Å²) in [5.74, 6) is 0.465. The van der Waals surface area contributed by atoms with E-state index in [1.807, 2.05) is 47.0 Å². The predicted molar refractivity (Wildman–Crippen MR) is 109 cm³/mol. The van der Waals surface area contributed by atoms with E-state index >= 15 is 0 Å². The number of hydrogen-bond acceptors (Lipinski definition) is 3. The van der Waals surface area contributed by atoms with Gasteiger partial charge in [0, 0.05) is 17.7 Å². The molecule has 0 atom stereocenters. The molecule has 1 aliphatic rings. The summed E-state index contributed by atoms with van der Waals surface area (Å²) in [6, 6.07) is 16.9. The minimum atomic E-state index is -0.510. The van der Waals surface area contributed by atoms with Gasteiger partial charge in [0.1, 0.15) is 12.3 Å². The minimum Gasteiger partial charge on any atom is -0.444 e. The molecule has 1 aromatic heterocycles. The van der Waals surface area contributed by atoms with Crippen LogP contribution in [0.1, 0.15) is 23.2 Å². The Morgan fingerprint density at radius 3 is 2.61 bits per heavy atom. The number of rotatable bonds is 4. The number of aromatic nitrogens is 1. The van der Waals surface area contributed by atoms with E-state index in [4.69, 9.17) is 17.0 Å². The molecule has 0 aliphatic heterocycles. The Kier molecular flexibility index (Phi) is 4.73. The average molecular weight is 372 g/mol.